The summed E-state index contributed by atoms with van der Waals surface area (Å²) in [4.78, 5) is 0. The topological polar surface area (TPSA) is 138 Å². The van der Waals surface area contributed by atoms with Crippen molar-refractivity contribution >= 4 is 0 Å². The van der Waals surface area contributed by atoms with Crippen LogP contribution >= 0.6 is 0 Å². The molecule has 5 aliphatic carbocycles. The molecular formula is C35H56O9. The maximum absolute atomic E-state index is 12.7. The third-order valence-electron chi connectivity index (χ3n) is 15.9. The molecule has 9 heteroatoms. The summed E-state index contributed by atoms with van der Waals surface area (Å²) >= 11 is 0. The number of hydrogen-bond donors (Lipinski definition) is 5. The number of ether oxygens (including phenoxy) is 4. The van der Waals surface area contributed by atoms with Gasteiger partial charge in [0.2, 0.25) is 0 Å². The fourth-order valence-corrected chi connectivity index (χ4v) is 14.0. The van der Waals surface area contributed by atoms with Crippen LogP contribution in [0.3, 0.4) is 0 Å². The molecule has 17 atom stereocenters. The minimum absolute atomic E-state index is 0.0559. The SMILES string of the molecule is C[C@@H]1C[C@H]2O[C@]3(O[C@@H]2C(C)(C)O)[C@@H](O)[C@@]2(C)C4CCC5C(C)(C)[C@H](O[C@@H]6OC[C@@H](O)[C@H](O)[C@H]6O)CC[C@@]56CC46CC[C@]2(C)[C@@H]13. The van der Waals surface area contributed by atoms with Crippen LogP contribution in [0.25, 0.3) is 0 Å². The fraction of sp³-hybridized carbons (Fsp3) is 1.00. The van der Waals surface area contributed by atoms with E-state index in [2.05, 4.69) is 34.6 Å². The third-order valence-corrected chi connectivity index (χ3v) is 15.9. The highest BCUT2D eigenvalue weighted by atomic mass is 16.8. The van der Waals surface area contributed by atoms with E-state index in [0.717, 1.165) is 44.9 Å². The van der Waals surface area contributed by atoms with E-state index >= 15 is 0 Å². The molecule has 3 unspecified atom stereocenters. The number of aliphatic hydroxyl groups is 5. The fourth-order valence-electron chi connectivity index (χ4n) is 14.0. The molecule has 9 nitrogen and oxygen atoms in total. The zero-order valence-electron chi connectivity index (χ0n) is 27.7. The number of aliphatic hydroxyl groups excluding tert-OH is 4. The van der Waals surface area contributed by atoms with Gasteiger partial charge in [0.05, 0.1) is 24.4 Å². The van der Waals surface area contributed by atoms with E-state index in [0.29, 0.717) is 17.8 Å². The van der Waals surface area contributed by atoms with E-state index in [4.69, 9.17) is 18.9 Å². The Labute approximate surface area is 262 Å². The molecule has 44 heavy (non-hydrogen) atoms. The first kappa shape index (κ1) is 30.9. The molecule has 2 bridgehead atoms. The molecule has 0 aromatic rings. The summed E-state index contributed by atoms with van der Waals surface area (Å²) in [5.74, 6) is 0.108. The molecule has 3 heterocycles. The van der Waals surface area contributed by atoms with Crippen LogP contribution in [0, 0.1) is 50.7 Å². The second-order valence-corrected chi connectivity index (χ2v) is 18.3. The molecule has 3 saturated heterocycles. The molecule has 8 rings (SSSR count). The smallest absolute Gasteiger partial charge is 0.199 e. The zero-order valence-corrected chi connectivity index (χ0v) is 27.7. The van der Waals surface area contributed by atoms with Gasteiger partial charge >= 0.3 is 0 Å². The Morgan fingerprint density at radius 3 is 2.23 bits per heavy atom. The summed E-state index contributed by atoms with van der Waals surface area (Å²) < 4.78 is 25.8. The van der Waals surface area contributed by atoms with Crippen molar-refractivity contribution in [1.82, 2.24) is 0 Å². The first-order chi connectivity index (χ1) is 20.4. The van der Waals surface area contributed by atoms with E-state index in [9.17, 15) is 25.5 Å². The molecular weight excluding hydrogens is 564 g/mol. The quantitative estimate of drug-likeness (QED) is 0.301. The average molecular weight is 621 g/mol. The van der Waals surface area contributed by atoms with Crippen molar-refractivity contribution in [3.8, 4) is 0 Å². The monoisotopic (exact) mass is 620 g/mol. The van der Waals surface area contributed by atoms with Crippen LogP contribution in [0.1, 0.15) is 99.8 Å². The zero-order chi connectivity index (χ0) is 31.6. The van der Waals surface area contributed by atoms with E-state index in [1.54, 1.807) is 13.8 Å². The Bertz CT molecular complexity index is 1200. The molecule has 8 fully saturated rings. The van der Waals surface area contributed by atoms with Crippen LogP contribution in [0.2, 0.25) is 0 Å². The lowest BCUT2D eigenvalue weighted by molar-refractivity contribution is -0.303. The predicted octanol–water partition coefficient (Wildman–Crippen LogP) is 3.12. The van der Waals surface area contributed by atoms with Crippen molar-refractivity contribution in [3.63, 3.8) is 0 Å². The molecule has 0 radical (unpaired) electrons. The Morgan fingerprint density at radius 2 is 1.52 bits per heavy atom. The molecule has 0 aromatic heterocycles. The summed E-state index contributed by atoms with van der Waals surface area (Å²) in [7, 11) is 0. The van der Waals surface area contributed by atoms with Crippen molar-refractivity contribution in [1.29, 1.82) is 0 Å². The second-order valence-electron chi connectivity index (χ2n) is 18.3. The van der Waals surface area contributed by atoms with Gasteiger partial charge in [-0.3, -0.25) is 0 Å². The lowest BCUT2D eigenvalue weighted by Gasteiger charge is -2.63. The first-order valence-corrected chi connectivity index (χ1v) is 17.5. The minimum Gasteiger partial charge on any atom is -0.388 e. The van der Waals surface area contributed by atoms with Crippen LogP contribution in [0.15, 0.2) is 0 Å². The van der Waals surface area contributed by atoms with Crippen molar-refractivity contribution in [2.75, 3.05) is 6.61 Å². The predicted molar refractivity (Wildman–Crippen MR) is 159 cm³/mol. The van der Waals surface area contributed by atoms with Crippen molar-refractivity contribution in [2.45, 2.75) is 160 Å². The van der Waals surface area contributed by atoms with Gasteiger partial charge < -0.3 is 44.5 Å². The van der Waals surface area contributed by atoms with Crippen LogP contribution in [0.4, 0.5) is 0 Å². The summed E-state index contributed by atoms with van der Waals surface area (Å²) in [6.45, 7) is 15.2. The minimum atomic E-state index is -1.28. The first-order valence-electron chi connectivity index (χ1n) is 17.5. The molecule has 5 N–H and O–H groups in total. The molecule has 3 aliphatic heterocycles. The van der Waals surface area contributed by atoms with Crippen LogP contribution in [-0.2, 0) is 18.9 Å². The van der Waals surface area contributed by atoms with Gasteiger partial charge in [0.1, 0.15) is 30.5 Å². The maximum Gasteiger partial charge on any atom is 0.199 e. The highest BCUT2D eigenvalue weighted by Gasteiger charge is 2.88. The Balaban J connectivity index is 1.10. The Morgan fingerprint density at radius 1 is 0.841 bits per heavy atom. The largest absolute Gasteiger partial charge is 0.388 e. The van der Waals surface area contributed by atoms with Gasteiger partial charge in [-0.25, -0.2) is 0 Å². The van der Waals surface area contributed by atoms with Crippen LogP contribution in [0.5, 0.6) is 0 Å². The van der Waals surface area contributed by atoms with Crippen molar-refractivity contribution < 1.29 is 44.5 Å². The van der Waals surface area contributed by atoms with E-state index in [1.165, 1.54) is 6.42 Å². The average Bonchev–Trinajstić information content (AvgIpc) is 3.45. The summed E-state index contributed by atoms with van der Waals surface area (Å²) in [6, 6.07) is 0. The number of rotatable bonds is 3. The highest BCUT2D eigenvalue weighted by molar-refractivity contribution is 5.34. The van der Waals surface area contributed by atoms with Gasteiger partial charge in [0.25, 0.3) is 0 Å². The standard InChI is InChI=1S/C35H56O9/c1-17-14-19-26(30(4,5)40)44-35(43-19)25(17)31(6)12-13-34-16-33(34)11-10-22(42-27-24(38)23(37)18(36)15-41-27)29(2,3)20(33)8-9-21(34)32(31,7)28(35)39/h17-28,36-40H,8-16H2,1-7H3/t17-,18-,19-,20?,21?,22-,23+,24-,25-,26+,27+,28+,31-,32-,33-,34?,35-/m1/s1. The van der Waals surface area contributed by atoms with E-state index in [1.807, 2.05) is 0 Å². The van der Waals surface area contributed by atoms with Gasteiger partial charge in [-0.05, 0) is 105 Å². The van der Waals surface area contributed by atoms with Crippen LogP contribution in [-0.4, -0.2) is 92.5 Å². The normalized spacial score (nSPS) is 62.2. The Kier molecular flexibility index (Phi) is 6.33. The van der Waals surface area contributed by atoms with Gasteiger partial charge in [-0.1, -0.05) is 34.6 Å². The maximum atomic E-state index is 12.7. The van der Waals surface area contributed by atoms with E-state index < -0.39 is 48.2 Å². The molecule has 3 spiro atoms. The third kappa shape index (κ3) is 3.38. The number of hydrogen-bond acceptors (Lipinski definition) is 9. The molecule has 8 aliphatic rings. The van der Waals surface area contributed by atoms with Crippen molar-refractivity contribution in [3.05, 3.63) is 0 Å². The van der Waals surface area contributed by atoms with Crippen LogP contribution < -0.4 is 0 Å². The van der Waals surface area contributed by atoms with E-state index in [-0.39, 0.29) is 51.8 Å². The highest BCUT2D eigenvalue weighted by Crippen LogP contribution is 2.90. The molecule has 0 amide bonds. The van der Waals surface area contributed by atoms with Gasteiger partial charge in [0, 0.05) is 11.3 Å². The second kappa shape index (κ2) is 9.00. The summed E-state index contributed by atoms with van der Waals surface area (Å²) in [5, 5.41) is 54.5. The Hall–Kier alpha value is -0.360. The van der Waals surface area contributed by atoms with Gasteiger partial charge in [-0.2, -0.15) is 0 Å². The summed E-state index contributed by atoms with van der Waals surface area (Å²) in [5.41, 5.74) is -1.39. The molecule has 0 aromatic carbocycles. The van der Waals surface area contributed by atoms with Gasteiger partial charge in [0.15, 0.2) is 12.1 Å². The van der Waals surface area contributed by atoms with Gasteiger partial charge in [-0.15, -0.1) is 0 Å². The number of fused-ring (bicyclic) bond motifs is 4. The summed E-state index contributed by atoms with van der Waals surface area (Å²) in [6.07, 6.45) is 2.00. The molecule has 5 saturated carbocycles. The lowest BCUT2D eigenvalue weighted by Crippen LogP contribution is -2.61. The lowest BCUT2D eigenvalue weighted by atomic mass is 9.41. The molecule has 250 valence electrons. The van der Waals surface area contributed by atoms with Crippen molar-refractivity contribution in [2.24, 2.45) is 50.7 Å².